The number of pyridine rings is 1. The highest BCUT2D eigenvalue weighted by Crippen LogP contribution is 2.40. The predicted octanol–water partition coefficient (Wildman–Crippen LogP) is 4.58. The van der Waals surface area contributed by atoms with E-state index in [1.54, 1.807) is 6.20 Å². The quantitative estimate of drug-likeness (QED) is 0.495. The Hall–Kier alpha value is -3.13. The number of benzene rings is 1. The fraction of sp³-hybridized carbons (Fsp3) is 0.318. The number of nitrogens with one attached hydrogen (secondary N) is 1. The van der Waals surface area contributed by atoms with Gasteiger partial charge in [-0.15, -0.1) is 10.2 Å². The first-order valence-corrected chi connectivity index (χ1v) is 11.0. The van der Waals surface area contributed by atoms with Gasteiger partial charge in [0.1, 0.15) is 5.01 Å². The second kappa shape index (κ2) is 7.60. The van der Waals surface area contributed by atoms with E-state index in [0.717, 1.165) is 40.1 Å². The Balaban J connectivity index is 1.42. The molecule has 0 saturated heterocycles. The first-order chi connectivity index (χ1) is 14.6. The van der Waals surface area contributed by atoms with Gasteiger partial charge in [-0.3, -0.25) is 10.1 Å². The summed E-state index contributed by atoms with van der Waals surface area (Å²) in [4.78, 5) is 17.9. The molecule has 3 aromatic heterocycles. The Morgan fingerprint density at radius 2 is 2.03 bits per heavy atom. The summed E-state index contributed by atoms with van der Waals surface area (Å²) in [5.74, 6) is 0.241. The maximum atomic E-state index is 13.1. The van der Waals surface area contributed by atoms with Crippen LogP contribution in [0.5, 0.6) is 0 Å². The highest BCUT2D eigenvalue weighted by molar-refractivity contribution is 7.15. The van der Waals surface area contributed by atoms with Crippen LogP contribution < -0.4 is 5.32 Å². The summed E-state index contributed by atoms with van der Waals surface area (Å²) < 4.78 is 1.88. The molecule has 7 nitrogen and oxygen atoms in total. The second-order valence-electron chi connectivity index (χ2n) is 7.91. The zero-order valence-corrected chi connectivity index (χ0v) is 17.7. The third-order valence-electron chi connectivity index (χ3n) is 5.20. The van der Waals surface area contributed by atoms with Gasteiger partial charge in [0.2, 0.25) is 5.13 Å². The van der Waals surface area contributed by atoms with Crippen molar-refractivity contribution >= 4 is 33.4 Å². The van der Waals surface area contributed by atoms with Crippen LogP contribution in [0.1, 0.15) is 65.3 Å². The Kier molecular flexibility index (Phi) is 4.78. The van der Waals surface area contributed by atoms with Gasteiger partial charge in [-0.2, -0.15) is 5.10 Å². The lowest BCUT2D eigenvalue weighted by atomic mass is 10.1. The van der Waals surface area contributed by atoms with Crippen LogP contribution in [0, 0.1) is 0 Å². The highest BCUT2D eigenvalue weighted by atomic mass is 32.1. The molecule has 1 aliphatic carbocycles. The number of nitrogens with zero attached hydrogens (tertiary/aromatic N) is 5. The van der Waals surface area contributed by atoms with Crippen molar-refractivity contribution in [1.82, 2.24) is 25.0 Å². The Morgan fingerprint density at radius 1 is 1.23 bits per heavy atom. The summed E-state index contributed by atoms with van der Waals surface area (Å²) in [5.41, 5.74) is 3.49. The first kappa shape index (κ1) is 18.9. The first-order valence-electron chi connectivity index (χ1n) is 10.1. The van der Waals surface area contributed by atoms with Gasteiger partial charge in [0.25, 0.3) is 5.91 Å². The molecular weight excluding hydrogens is 396 g/mol. The van der Waals surface area contributed by atoms with Crippen molar-refractivity contribution in [3.63, 3.8) is 0 Å². The molecule has 0 bridgehead atoms. The molecule has 0 unspecified atom stereocenters. The van der Waals surface area contributed by atoms with Crippen LogP contribution in [0.25, 0.3) is 11.0 Å². The molecule has 1 fully saturated rings. The molecule has 0 atom stereocenters. The molecule has 1 aromatic carbocycles. The summed E-state index contributed by atoms with van der Waals surface area (Å²) in [5, 5.41) is 17.9. The van der Waals surface area contributed by atoms with Gasteiger partial charge in [0, 0.05) is 24.1 Å². The molecule has 1 saturated carbocycles. The SMILES string of the molecule is CC(C)n1ncc2c(C(=O)Nc3nnc(Cc4ccccc4)s3)cc(C3CC3)nc21. The molecule has 0 radical (unpaired) electrons. The van der Waals surface area contributed by atoms with Crippen LogP contribution >= 0.6 is 11.3 Å². The van der Waals surface area contributed by atoms with Crippen molar-refractivity contribution in [2.45, 2.75) is 45.1 Å². The standard InChI is InChI=1S/C22H22N6OS/c1-13(2)28-20-17(12-23-28)16(11-18(24-20)15-8-9-15)21(29)25-22-27-26-19(30-22)10-14-6-4-3-5-7-14/h3-7,11-13,15H,8-10H2,1-2H3,(H,25,27,29). The van der Waals surface area contributed by atoms with Gasteiger partial charge in [0.15, 0.2) is 5.65 Å². The predicted molar refractivity (Wildman–Crippen MR) is 117 cm³/mol. The average Bonchev–Trinajstić information content (AvgIpc) is 3.36. The Labute approximate surface area is 178 Å². The van der Waals surface area contributed by atoms with Crippen molar-refractivity contribution in [1.29, 1.82) is 0 Å². The van der Waals surface area contributed by atoms with E-state index in [0.29, 0.717) is 23.0 Å². The molecular formula is C22H22N6OS. The molecule has 1 amide bonds. The number of carbonyl (C=O) groups excluding carboxylic acids is 1. The molecule has 5 rings (SSSR count). The van der Waals surface area contributed by atoms with Gasteiger partial charge in [-0.05, 0) is 38.3 Å². The van der Waals surface area contributed by atoms with Crippen LogP contribution in [-0.4, -0.2) is 30.9 Å². The molecule has 152 valence electrons. The number of hydrogen-bond acceptors (Lipinski definition) is 6. The molecule has 1 aliphatic rings. The van der Waals surface area contributed by atoms with Crippen LogP contribution in [0.3, 0.4) is 0 Å². The molecule has 3 heterocycles. The van der Waals surface area contributed by atoms with E-state index in [2.05, 4.69) is 46.6 Å². The minimum atomic E-state index is -0.199. The van der Waals surface area contributed by atoms with Crippen molar-refractivity contribution in [2.24, 2.45) is 0 Å². The number of fused-ring (bicyclic) bond motifs is 1. The Bertz CT molecular complexity index is 1210. The summed E-state index contributed by atoms with van der Waals surface area (Å²) >= 11 is 1.40. The largest absolute Gasteiger partial charge is 0.296 e. The lowest BCUT2D eigenvalue weighted by Crippen LogP contribution is -2.13. The van der Waals surface area contributed by atoms with E-state index >= 15 is 0 Å². The van der Waals surface area contributed by atoms with Gasteiger partial charge in [0.05, 0.1) is 17.1 Å². The fourth-order valence-corrected chi connectivity index (χ4v) is 4.27. The number of carbonyl (C=O) groups is 1. The molecule has 1 N–H and O–H groups in total. The van der Waals surface area contributed by atoms with Crippen LogP contribution in [0.4, 0.5) is 5.13 Å². The second-order valence-corrected chi connectivity index (χ2v) is 8.97. The van der Waals surface area contributed by atoms with Crippen molar-refractivity contribution in [3.8, 4) is 0 Å². The van der Waals surface area contributed by atoms with E-state index in [-0.39, 0.29) is 11.9 Å². The monoisotopic (exact) mass is 418 g/mol. The Morgan fingerprint density at radius 3 is 2.77 bits per heavy atom. The summed E-state index contributed by atoms with van der Waals surface area (Å²) in [6, 6.07) is 12.2. The van der Waals surface area contributed by atoms with E-state index in [1.807, 2.05) is 28.9 Å². The van der Waals surface area contributed by atoms with Crippen LogP contribution in [0.2, 0.25) is 0 Å². The minimum absolute atomic E-state index is 0.170. The minimum Gasteiger partial charge on any atom is -0.296 e. The van der Waals surface area contributed by atoms with Crippen molar-refractivity contribution < 1.29 is 4.79 Å². The number of hydrogen-bond donors (Lipinski definition) is 1. The van der Waals surface area contributed by atoms with Gasteiger partial charge in [-0.1, -0.05) is 41.7 Å². The lowest BCUT2D eigenvalue weighted by molar-refractivity contribution is 0.102. The van der Waals surface area contributed by atoms with E-state index in [4.69, 9.17) is 4.98 Å². The van der Waals surface area contributed by atoms with Gasteiger partial charge < -0.3 is 0 Å². The molecule has 0 spiro atoms. The van der Waals surface area contributed by atoms with Crippen molar-refractivity contribution in [2.75, 3.05) is 5.32 Å². The maximum Gasteiger partial charge on any atom is 0.258 e. The van der Waals surface area contributed by atoms with Gasteiger partial charge >= 0.3 is 0 Å². The average molecular weight is 419 g/mol. The zero-order valence-electron chi connectivity index (χ0n) is 16.9. The molecule has 8 heteroatoms. The molecule has 30 heavy (non-hydrogen) atoms. The normalized spacial score (nSPS) is 13.8. The topological polar surface area (TPSA) is 85.6 Å². The fourth-order valence-electron chi connectivity index (χ4n) is 3.50. The number of amides is 1. The summed E-state index contributed by atoms with van der Waals surface area (Å²) in [6.45, 7) is 4.13. The summed E-state index contributed by atoms with van der Waals surface area (Å²) in [6.07, 6.45) is 4.67. The van der Waals surface area contributed by atoms with Crippen LogP contribution in [-0.2, 0) is 6.42 Å². The third kappa shape index (κ3) is 3.70. The van der Waals surface area contributed by atoms with Crippen molar-refractivity contribution in [3.05, 3.63) is 64.4 Å². The lowest BCUT2D eigenvalue weighted by Gasteiger charge is -2.10. The number of aromatic nitrogens is 5. The summed E-state index contributed by atoms with van der Waals surface area (Å²) in [7, 11) is 0. The maximum absolute atomic E-state index is 13.1. The van der Waals surface area contributed by atoms with E-state index < -0.39 is 0 Å². The third-order valence-corrected chi connectivity index (χ3v) is 6.04. The number of anilines is 1. The zero-order chi connectivity index (χ0) is 20.7. The molecule has 4 aromatic rings. The van der Waals surface area contributed by atoms with Gasteiger partial charge in [-0.25, -0.2) is 9.67 Å². The van der Waals surface area contributed by atoms with E-state index in [9.17, 15) is 4.79 Å². The van der Waals surface area contributed by atoms with E-state index in [1.165, 1.54) is 11.3 Å². The smallest absolute Gasteiger partial charge is 0.258 e. The molecule has 0 aliphatic heterocycles. The number of rotatable bonds is 6. The van der Waals surface area contributed by atoms with Crippen LogP contribution in [0.15, 0.2) is 42.6 Å². The highest BCUT2D eigenvalue weighted by Gasteiger charge is 2.28.